The summed E-state index contributed by atoms with van der Waals surface area (Å²) in [7, 11) is 1.62. The fourth-order valence-corrected chi connectivity index (χ4v) is 2.08. The quantitative estimate of drug-likeness (QED) is 0.803. The summed E-state index contributed by atoms with van der Waals surface area (Å²) in [6.07, 6.45) is 0.510. The molecular weight excluding hydrogens is 254 g/mol. The van der Waals surface area contributed by atoms with Crippen LogP contribution >= 0.6 is 0 Å². The number of rotatable bonds is 7. The summed E-state index contributed by atoms with van der Waals surface area (Å²) >= 11 is 0. The van der Waals surface area contributed by atoms with Crippen LogP contribution in [-0.4, -0.2) is 30.8 Å². The van der Waals surface area contributed by atoms with Gasteiger partial charge in [0.15, 0.2) is 0 Å². The van der Waals surface area contributed by atoms with Gasteiger partial charge in [0.25, 0.3) is 0 Å². The van der Waals surface area contributed by atoms with E-state index in [9.17, 15) is 9.90 Å². The Kier molecular flexibility index (Phi) is 6.52. The van der Waals surface area contributed by atoms with Gasteiger partial charge < -0.3 is 15.2 Å². The molecule has 112 valence electrons. The molecule has 0 aliphatic rings. The molecule has 1 aromatic rings. The van der Waals surface area contributed by atoms with Crippen LogP contribution in [0, 0.1) is 12.8 Å². The Morgan fingerprint density at radius 3 is 2.70 bits per heavy atom. The van der Waals surface area contributed by atoms with Gasteiger partial charge in [0, 0.05) is 6.54 Å². The molecule has 0 aromatic heterocycles. The molecule has 0 saturated heterocycles. The largest absolute Gasteiger partial charge is 0.496 e. The van der Waals surface area contributed by atoms with Gasteiger partial charge in [-0.1, -0.05) is 26.0 Å². The van der Waals surface area contributed by atoms with Gasteiger partial charge in [-0.3, -0.25) is 4.79 Å². The van der Waals surface area contributed by atoms with Crippen molar-refractivity contribution in [2.75, 3.05) is 13.7 Å². The number of aliphatic hydroxyl groups is 1. The van der Waals surface area contributed by atoms with Gasteiger partial charge in [0.2, 0.25) is 5.91 Å². The highest BCUT2D eigenvalue weighted by Gasteiger charge is 2.10. The first kappa shape index (κ1) is 16.5. The SMILES string of the molecule is COc1cc(CC(=O)NCC(O)CC(C)C)ccc1C. The van der Waals surface area contributed by atoms with Crippen LogP contribution in [0.3, 0.4) is 0 Å². The number of aryl methyl sites for hydroxylation is 1. The number of benzene rings is 1. The van der Waals surface area contributed by atoms with Crippen molar-refractivity contribution < 1.29 is 14.6 Å². The second-order valence-electron chi connectivity index (χ2n) is 5.57. The molecule has 0 bridgehead atoms. The van der Waals surface area contributed by atoms with Gasteiger partial charge in [-0.25, -0.2) is 0 Å². The van der Waals surface area contributed by atoms with Crippen molar-refractivity contribution in [1.29, 1.82) is 0 Å². The zero-order chi connectivity index (χ0) is 15.1. The summed E-state index contributed by atoms with van der Waals surface area (Å²) < 4.78 is 5.24. The zero-order valence-corrected chi connectivity index (χ0v) is 12.8. The molecule has 1 aromatic carbocycles. The van der Waals surface area contributed by atoms with Crippen LogP contribution in [0.15, 0.2) is 18.2 Å². The third kappa shape index (κ3) is 5.61. The number of hydrogen-bond acceptors (Lipinski definition) is 3. The number of ether oxygens (including phenoxy) is 1. The number of amides is 1. The van der Waals surface area contributed by atoms with E-state index in [1.165, 1.54) is 0 Å². The monoisotopic (exact) mass is 279 g/mol. The third-order valence-electron chi connectivity index (χ3n) is 3.12. The van der Waals surface area contributed by atoms with Gasteiger partial charge in [-0.2, -0.15) is 0 Å². The fourth-order valence-electron chi connectivity index (χ4n) is 2.08. The molecule has 1 atom stereocenters. The number of carbonyl (C=O) groups excluding carboxylic acids is 1. The van der Waals surface area contributed by atoms with Crippen LogP contribution in [0.25, 0.3) is 0 Å². The lowest BCUT2D eigenvalue weighted by atomic mass is 10.1. The molecule has 0 fully saturated rings. The van der Waals surface area contributed by atoms with E-state index in [0.717, 1.165) is 16.9 Å². The molecule has 4 heteroatoms. The van der Waals surface area contributed by atoms with Crippen molar-refractivity contribution in [1.82, 2.24) is 5.32 Å². The van der Waals surface area contributed by atoms with Crippen molar-refractivity contribution in [2.24, 2.45) is 5.92 Å². The van der Waals surface area contributed by atoms with Gasteiger partial charge >= 0.3 is 0 Å². The van der Waals surface area contributed by atoms with Crippen molar-refractivity contribution in [3.63, 3.8) is 0 Å². The summed E-state index contributed by atoms with van der Waals surface area (Å²) in [5, 5.41) is 12.5. The number of aliphatic hydroxyl groups excluding tert-OH is 1. The van der Waals surface area contributed by atoms with Gasteiger partial charge in [0.1, 0.15) is 5.75 Å². The van der Waals surface area contributed by atoms with E-state index in [-0.39, 0.29) is 5.91 Å². The van der Waals surface area contributed by atoms with Crippen LogP contribution in [0.5, 0.6) is 5.75 Å². The number of hydrogen-bond donors (Lipinski definition) is 2. The number of methoxy groups -OCH3 is 1. The van der Waals surface area contributed by atoms with Crippen molar-refractivity contribution in [3.8, 4) is 5.75 Å². The number of nitrogens with one attached hydrogen (secondary N) is 1. The maximum Gasteiger partial charge on any atom is 0.224 e. The highest BCUT2D eigenvalue weighted by Crippen LogP contribution is 2.19. The average molecular weight is 279 g/mol. The van der Waals surface area contributed by atoms with Crippen LogP contribution < -0.4 is 10.1 Å². The van der Waals surface area contributed by atoms with E-state index >= 15 is 0 Å². The maximum atomic E-state index is 11.8. The normalized spacial score (nSPS) is 12.3. The minimum absolute atomic E-state index is 0.0845. The first-order valence-corrected chi connectivity index (χ1v) is 7.00. The molecule has 1 unspecified atom stereocenters. The summed E-state index contributed by atoms with van der Waals surface area (Å²) in [6.45, 7) is 6.36. The number of carbonyl (C=O) groups is 1. The lowest BCUT2D eigenvalue weighted by Gasteiger charge is -2.14. The molecule has 0 aliphatic carbocycles. The van der Waals surface area contributed by atoms with E-state index in [1.54, 1.807) is 7.11 Å². The molecular formula is C16H25NO3. The summed E-state index contributed by atoms with van der Waals surface area (Å²) in [6, 6.07) is 5.73. The Morgan fingerprint density at radius 1 is 1.40 bits per heavy atom. The van der Waals surface area contributed by atoms with Crippen LogP contribution in [-0.2, 0) is 11.2 Å². The molecule has 20 heavy (non-hydrogen) atoms. The maximum absolute atomic E-state index is 11.8. The Balaban J connectivity index is 2.46. The van der Waals surface area contributed by atoms with E-state index in [1.807, 2.05) is 39.0 Å². The van der Waals surface area contributed by atoms with Gasteiger partial charge in [0.05, 0.1) is 19.6 Å². The van der Waals surface area contributed by atoms with Gasteiger partial charge in [-0.15, -0.1) is 0 Å². The summed E-state index contributed by atoms with van der Waals surface area (Å²) in [5.41, 5.74) is 1.95. The highest BCUT2D eigenvalue weighted by atomic mass is 16.5. The molecule has 4 nitrogen and oxygen atoms in total. The van der Waals surface area contributed by atoms with Crippen molar-refractivity contribution >= 4 is 5.91 Å². The van der Waals surface area contributed by atoms with Gasteiger partial charge in [-0.05, 0) is 36.5 Å². The Morgan fingerprint density at radius 2 is 2.10 bits per heavy atom. The first-order valence-electron chi connectivity index (χ1n) is 7.00. The zero-order valence-electron chi connectivity index (χ0n) is 12.8. The molecule has 1 rings (SSSR count). The summed E-state index contributed by atoms with van der Waals surface area (Å²) in [5.74, 6) is 1.12. The lowest BCUT2D eigenvalue weighted by molar-refractivity contribution is -0.120. The molecule has 1 amide bonds. The van der Waals surface area contributed by atoms with Crippen LogP contribution in [0.2, 0.25) is 0 Å². The first-order chi connectivity index (χ1) is 9.42. The third-order valence-corrected chi connectivity index (χ3v) is 3.12. The van der Waals surface area contributed by atoms with E-state index in [0.29, 0.717) is 25.3 Å². The van der Waals surface area contributed by atoms with E-state index < -0.39 is 6.10 Å². The predicted molar refractivity (Wildman–Crippen MR) is 79.9 cm³/mol. The van der Waals surface area contributed by atoms with Crippen molar-refractivity contribution in [2.45, 2.75) is 39.7 Å². The Hall–Kier alpha value is -1.55. The van der Waals surface area contributed by atoms with Crippen LogP contribution in [0.4, 0.5) is 0 Å². The average Bonchev–Trinajstić information content (AvgIpc) is 2.38. The lowest BCUT2D eigenvalue weighted by Crippen LogP contribution is -2.33. The molecule has 2 N–H and O–H groups in total. The predicted octanol–water partition coefficient (Wildman–Crippen LogP) is 2.07. The topological polar surface area (TPSA) is 58.6 Å². The molecule has 0 aliphatic heterocycles. The second-order valence-corrected chi connectivity index (χ2v) is 5.57. The second kappa shape index (κ2) is 7.90. The molecule has 0 radical (unpaired) electrons. The minimum atomic E-state index is -0.480. The smallest absolute Gasteiger partial charge is 0.224 e. The Labute approximate surface area is 121 Å². The van der Waals surface area contributed by atoms with E-state index in [4.69, 9.17) is 4.74 Å². The molecule has 0 heterocycles. The standard InChI is InChI=1S/C16H25NO3/c1-11(2)7-14(18)10-17-16(19)9-13-6-5-12(3)15(8-13)20-4/h5-6,8,11,14,18H,7,9-10H2,1-4H3,(H,17,19). The van der Waals surface area contributed by atoms with E-state index in [2.05, 4.69) is 5.32 Å². The van der Waals surface area contributed by atoms with Crippen LogP contribution in [0.1, 0.15) is 31.4 Å². The highest BCUT2D eigenvalue weighted by molar-refractivity contribution is 5.78. The minimum Gasteiger partial charge on any atom is -0.496 e. The molecule has 0 saturated carbocycles. The van der Waals surface area contributed by atoms with Crippen molar-refractivity contribution in [3.05, 3.63) is 29.3 Å². The summed E-state index contributed by atoms with van der Waals surface area (Å²) in [4.78, 5) is 11.8. The Bertz CT molecular complexity index is 443. The fraction of sp³-hybridized carbons (Fsp3) is 0.562. The molecule has 0 spiro atoms.